The molecule has 2 atom stereocenters. The second-order valence-corrected chi connectivity index (χ2v) is 19.9. The average Bonchev–Trinajstić information content (AvgIpc) is 3.27. The fourth-order valence-electron chi connectivity index (χ4n) is 8.68. The van der Waals surface area contributed by atoms with Crippen molar-refractivity contribution in [1.82, 2.24) is 4.90 Å². The van der Waals surface area contributed by atoms with Gasteiger partial charge in [0.25, 0.3) is 0 Å². The van der Waals surface area contributed by atoms with Crippen LogP contribution < -0.4 is 0 Å². The number of hydrogen-bond donors (Lipinski definition) is 2. The van der Waals surface area contributed by atoms with Crippen molar-refractivity contribution < 1.29 is 29.4 Å². The number of hydrogen-bond acceptors (Lipinski definition) is 7. The van der Waals surface area contributed by atoms with Crippen molar-refractivity contribution >= 4 is 35.6 Å². The molecule has 1 radical (unpaired) electrons. The molecule has 0 spiro atoms. The third-order valence-corrected chi connectivity index (χ3v) is 14.1. The van der Waals surface area contributed by atoms with E-state index >= 15 is 0 Å². The van der Waals surface area contributed by atoms with Gasteiger partial charge in [-0.1, -0.05) is 252 Å². The summed E-state index contributed by atoms with van der Waals surface area (Å²) in [6, 6.07) is 0. The molecule has 2 amide bonds. The molecule has 0 heterocycles. The first kappa shape index (κ1) is 60.8. The zero-order valence-corrected chi connectivity index (χ0v) is 42.1. The second kappa shape index (κ2) is 46.3. The predicted octanol–water partition coefficient (Wildman–Crippen LogP) is 15.3. The lowest BCUT2D eigenvalue weighted by Crippen LogP contribution is -2.62. The molecule has 0 aromatic rings. The van der Waals surface area contributed by atoms with Gasteiger partial charge in [0.05, 0.1) is 12.7 Å². The quantitative estimate of drug-likeness (QED) is 0.0462. The fraction of sp³-hybridized carbons (Fsp3) is 0.926. The van der Waals surface area contributed by atoms with E-state index < -0.39 is 35.8 Å². The molecular weight excluding hydrogens is 791 g/mol. The van der Waals surface area contributed by atoms with Gasteiger partial charge in [-0.2, -0.15) is 11.8 Å². The first-order valence-electron chi connectivity index (χ1n) is 27.0. The number of amides is 2. The number of ketones is 1. The van der Waals surface area contributed by atoms with Crippen molar-refractivity contribution in [3.05, 3.63) is 0 Å². The minimum Gasteiger partial charge on any atom is -0.394 e. The van der Waals surface area contributed by atoms with Crippen LogP contribution in [0.4, 0.5) is 0 Å². The molecule has 62 heavy (non-hydrogen) atoms. The average molecular weight is 893 g/mol. The van der Waals surface area contributed by atoms with Gasteiger partial charge in [0.2, 0.25) is 18.1 Å². The van der Waals surface area contributed by atoms with Gasteiger partial charge in [-0.3, -0.25) is 24.1 Å². The highest BCUT2D eigenvalue weighted by molar-refractivity contribution is 7.99. The number of carbonyl (C=O) groups excluding carboxylic acids is 4. The van der Waals surface area contributed by atoms with Crippen LogP contribution >= 0.6 is 11.8 Å². The molecule has 0 fully saturated rings. The molecular formula is C54H102NO6S. The number of Topliss-reactive ketones (excluding diaryl/α,β-unsaturated/α-hetero) is 1. The molecule has 0 saturated heterocycles. The highest BCUT2D eigenvalue weighted by atomic mass is 32.2. The Hall–Kier alpha value is -1.25. The van der Waals surface area contributed by atoms with E-state index in [4.69, 9.17) is 0 Å². The van der Waals surface area contributed by atoms with Gasteiger partial charge < -0.3 is 10.2 Å². The Morgan fingerprint density at radius 3 is 0.968 bits per heavy atom. The second-order valence-electron chi connectivity index (χ2n) is 18.8. The molecule has 0 aliphatic carbocycles. The van der Waals surface area contributed by atoms with Crippen molar-refractivity contribution in [2.24, 2.45) is 0 Å². The highest BCUT2D eigenvalue weighted by Gasteiger charge is 2.49. The van der Waals surface area contributed by atoms with E-state index in [1.54, 1.807) is 0 Å². The molecule has 0 aliphatic rings. The Balaban J connectivity index is 5.40. The molecule has 0 saturated carbocycles. The summed E-state index contributed by atoms with van der Waals surface area (Å²) in [7, 11) is 0. The van der Waals surface area contributed by atoms with Crippen LogP contribution in [0.25, 0.3) is 0 Å². The molecule has 0 rings (SSSR count). The van der Waals surface area contributed by atoms with Gasteiger partial charge >= 0.3 is 0 Å². The number of aliphatic hydroxyl groups is 2. The van der Waals surface area contributed by atoms with Gasteiger partial charge in [-0.05, 0) is 19.3 Å². The maximum absolute atomic E-state index is 14.2. The fourth-order valence-corrected chi connectivity index (χ4v) is 9.82. The first-order valence-corrected chi connectivity index (χ1v) is 28.1. The Kier molecular flexibility index (Phi) is 45.4. The summed E-state index contributed by atoms with van der Waals surface area (Å²) in [6.45, 7) is 6.31. The maximum atomic E-state index is 14.2. The zero-order valence-electron chi connectivity index (χ0n) is 41.3. The van der Waals surface area contributed by atoms with Gasteiger partial charge in [0.1, 0.15) is 0 Å². The van der Waals surface area contributed by atoms with Crippen LogP contribution in [0.2, 0.25) is 0 Å². The maximum Gasteiger partial charge on any atom is 0.235 e. The summed E-state index contributed by atoms with van der Waals surface area (Å²) in [5, 5.41) is 19.6. The van der Waals surface area contributed by atoms with E-state index in [-0.39, 0.29) is 30.8 Å². The van der Waals surface area contributed by atoms with E-state index in [0.717, 1.165) is 74.4 Å². The van der Waals surface area contributed by atoms with Crippen LogP contribution in [0.5, 0.6) is 0 Å². The van der Waals surface area contributed by atoms with Gasteiger partial charge in [-0.15, -0.1) is 0 Å². The summed E-state index contributed by atoms with van der Waals surface area (Å²) < 4.78 is 0. The Labute approximate surface area is 388 Å². The van der Waals surface area contributed by atoms with Crippen LogP contribution in [0.3, 0.4) is 0 Å². The van der Waals surface area contributed by atoms with Crippen molar-refractivity contribution in [3.63, 3.8) is 0 Å². The summed E-state index contributed by atoms with van der Waals surface area (Å²) >= 11 is 1.13. The number of nitrogens with zero attached hydrogens (tertiary/aromatic N) is 1. The van der Waals surface area contributed by atoms with Crippen LogP contribution in [0.1, 0.15) is 290 Å². The summed E-state index contributed by atoms with van der Waals surface area (Å²) in [4.78, 5) is 56.7. The van der Waals surface area contributed by atoms with Gasteiger partial charge in [0.15, 0.2) is 11.3 Å². The van der Waals surface area contributed by atoms with E-state index in [1.807, 2.05) is 6.29 Å². The van der Waals surface area contributed by atoms with E-state index in [0.29, 0.717) is 19.3 Å². The number of carbonyl (C=O) groups is 3. The van der Waals surface area contributed by atoms with Crippen molar-refractivity contribution in [2.75, 3.05) is 18.1 Å². The largest absolute Gasteiger partial charge is 0.394 e. The van der Waals surface area contributed by atoms with Crippen LogP contribution in [-0.2, 0) is 19.2 Å². The minimum atomic E-state index is -2.03. The molecule has 0 bridgehead atoms. The minimum absolute atomic E-state index is 0.0832. The zero-order chi connectivity index (χ0) is 45.6. The standard InChI is InChI=1S/C54H102NO6S/c1-4-7-10-13-16-19-22-25-28-31-34-37-40-43-51(59)54(48-57,49-62-47-50(58)46-56)55(52(60)44-41-38-35-32-29-26-23-20-17-14-11-8-5-2)53(61)45-42-39-36-33-30-27-24-21-18-15-12-9-6-3/h50,56,58H,4-47,49H2,1-3H3/t50?,54-/m1/s1. The Morgan fingerprint density at radius 1 is 0.452 bits per heavy atom. The molecule has 7 nitrogen and oxygen atoms in total. The summed E-state index contributed by atoms with van der Waals surface area (Å²) in [6.07, 6.45) is 47.1. The number of unbranched alkanes of at least 4 members (excludes halogenated alkanes) is 36. The van der Waals surface area contributed by atoms with Gasteiger partial charge in [-0.25, -0.2) is 0 Å². The highest BCUT2D eigenvalue weighted by Crippen LogP contribution is 2.28. The third kappa shape index (κ3) is 34.1. The Morgan fingerprint density at radius 2 is 0.710 bits per heavy atom. The summed E-state index contributed by atoms with van der Waals surface area (Å²) in [5.74, 6) is -1.42. The number of thioether (sulfide) groups is 1. The molecule has 1 unspecified atom stereocenters. The SMILES string of the molecule is CCCCCCCCCCCCCCCC(=O)N(C(=O)CCCCCCCCCCCCCCC)[C@]([C]=O)(CSCC(O)CO)C(=O)CCCCCCCCCCCCCCC. The van der Waals surface area contributed by atoms with E-state index in [9.17, 15) is 29.4 Å². The molecule has 0 aromatic carbocycles. The number of aliphatic hydroxyl groups excluding tert-OH is 2. The molecule has 0 aliphatic heterocycles. The van der Waals surface area contributed by atoms with E-state index in [2.05, 4.69) is 20.8 Å². The van der Waals surface area contributed by atoms with Crippen LogP contribution in [0.15, 0.2) is 0 Å². The first-order chi connectivity index (χ1) is 30.3. The summed E-state index contributed by atoms with van der Waals surface area (Å²) in [5.41, 5.74) is -2.03. The molecule has 8 heteroatoms. The van der Waals surface area contributed by atoms with Crippen molar-refractivity contribution in [2.45, 2.75) is 302 Å². The number of rotatable bonds is 50. The number of imide groups is 1. The van der Waals surface area contributed by atoms with Crippen LogP contribution in [-0.4, -0.2) is 68.8 Å². The monoisotopic (exact) mass is 893 g/mol. The third-order valence-electron chi connectivity index (χ3n) is 12.8. The molecule has 0 aromatic heterocycles. The predicted molar refractivity (Wildman–Crippen MR) is 267 cm³/mol. The Bertz CT molecular complexity index is 983. The van der Waals surface area contributed by atoms with Crippen LogP contribution in [0, 0.1) is 0 Å². The smallest absolute Gasteiger partial charge is 0.235 e. The van der Waals surface area contributed by atoms with Crippen molar-refractivity contribution in [3.8, 4) is 0 Å². The topological polar surface area (TPSA) is 112 Å². The van der Waals surface area contributed by atoms with E-state index in [1.165, 1.54) is 173 Å². The lowest BCUT2D eigenvalue weighted by atomic mass is 9.90. The normalized spacial score (nSPS) is 13.0. The van der Waals surface area contributed by atoms with Crippen molar-refractivity contribution in [1.29, 1.82) is 0 Å². The molecule has 2 N–H and O–H groups in total. The lowest BCUT2D eigenvalue weighted by molar-refractivity contribution is -0.153. The molecule has 365 valence electrons. The van der Waals surface area contributed by atoms with Gasteiger partial charge in [0, 0.05) is 30.8 Å². The lowest BCUT2D eigenvalue weighted by Gasteiger charge is -2.37.